The SMILES string of the molecule is O=C(COc1ccc(Cl)cc1Cl)N/N=C1/SCC(=O)N1c1ccc(F)cc1. The second-order valence-corrected chi connectivity index (χ2v) is 7.07. The first-order valence-corrected chi connectivity index (χ1v) is 9.34. The van der Waals surface area contributed by atoms with Crippen molar-refractivity contribution in [2.45, 2.75) is 0 Å². The van der Waals surface area contributed by atoms with Gasteiger partial charge in [-0.15, -0.1) is 5.10 Å². The molecule has 0 spiro atoms. The summed E-state index contributed by atoms with van der Waals surface area (Å²) in [5.41, 5.74) is 2.79. The molecule has 1 N–H and O–H groups in total. The number of rotatable bonds is 5. The van der Waals surface area contributed by atoms with E-state index in [-0.39, 0.29) is 28.5 Å². The van der Waals surface area contributed by atoms with E-state index in [4.69, 9.17) is 27.9 Å². The van der Waals surface area contributed by atoms with E-state index in [1.165, 1.54) is 35.2 Å². The highest BCUT2D eigenvalue weighted by atomic mass is 35.5. The highest BCUT2D eigenvalue weighted by molar-refractivity contribution is 8.15. The second-order valence-electron chi connectivity index (χ2n) is 5.29. The first-order chi connectivity index (χ1) is 12.9. The Labute approximate surface area is 168 Å². The quantitative estimate of drug-likeness (QED) is 0.738. The molecule has 10 heteroatoms. The lowest BCUT2D eigenvalue weighted by molar-refractivity contribution is -0.123. The first-order valence-electron chi connectivity index (χ1n) is 7.60. The molecule has 0 atom stereocenters. The van der Waals surface area contributed by atoms with E-state index < -0.39 is 11.7 Å². The number of amides is 2. The Balaban J connectivity index is 1.62. The maximum Gasteiger partial charge on any atom is 0.278 e. The van der Waals surface area contributed by atoms with Crippen LogP contribution in [-0.2, 0) is 9.59 Å². The number of nitrogens with zero attached hydrogens (tertiary/aromatic N) is 2. The van der Waals surface area contributed by atoms with Crippen molar-refractivity contribution in [2.75, 3.05) is 17.3 Å². The van der Waals surface area contributed by atoms with Crippen molar-refractivity contribution in [3.8, 4) is 5.75 Å². The van der Waals surface area contributed by atoms with Gasteiger partial charge in [-0.2, -0.15) is 0 Å². The van der Waals surface area contributed by atoms with Gasteiger partial charge >= 0.3 is 0 Å². The van der Waals surface area contributed by atoms with Crippen LogP contribution in [0.4, 0.5) is 10.1 Å². The zero-order valence-electron chi connectivity index (χ0n) is 13.6. The van der Waals surface area contributed by atoms with Gasteiger partial charge in [0.25, 0.3) is 5.91 Å². The van der Waals surface area contributed by atoms with Crippen molar-refractivity contribution >= 4 is 57.6 Å². The van der Waals surface area contributed by atoms with Crippen molar-refractivity contribution in [1.82, 2.24) is 5.43 Å². The second kappa shape index (κ2) is 8.60. The third-order valence-electron chi connectivity index (χ3n) is 3.38. The van der Waals surface area contributed by atoms with Gasteiger partial charge in [-0.25, -0.2) is 9.82 Å². The molecule has 0 unspecified atom stereocenters. The van der Waals surface area contributed by atoms with E-state index >= 15 is 0 Å². The third kappa shape index (κ3) is 4.91. The van der Waals surface area contributed by atoms with Gasteiger partial charge in [0.15, 0.2) is 11.8 Å². The Morgan fingerprint density at radius 2 is 2.00 bits per heavy atom. The van der Waals surface area contributed by atoms with E-state index in [0.29, 0.717) is 16.5 Å². The van der Waals surface area contributed by atoms with Crippen LogP contribution in [0, 0.1) is 5.82 Å². The number of hydrazone groups is 1. The van der Waals surface area contributed by atoms with E-state index in [2.05, 4.69) is 10.5 Å². The number of thioether (sulfide) groups is 1. The van der Waals surface area contributed by atoms with Crippen molar-refractivity contribution in [2.24, 2.45) is 5.10 Å². The average molecular weight is 428 g/mol. The Morgan fingerprint density at radius 3 is 2.70 bits per heavy atom. The number of nitrogens with one attached hydrogen (secondary N) is 1. The zero-order chi connectivity index (χ0) is 19.4. The predicted molar refractivity (Wildman–Crippen MR) is 104 cm³/mol. The van der Waals surface area contributed by atoms with Crippen LogP contribution in [0.2, 0.25) is 10.0 Å². The molecule has 0 radical (unpaired) electrons. The molecule has 0 bridgehead atoms. The van der Waals surface area contributed by atoms with E-state index in [0.717, 1.165) is 11.8 Å². The molecule has 27 heavy (non-hydrogen) atoms. The number of ether oxygens (including phenoxy) is 1. The minimum absolute atomic E-state index is 0.170. The number of amidine groups is 1. The van der Waals surface area contributed by atoms with Crippen LogP contribution in [0.1, 0.15) is 0 Å². The molecule has 1 fully saturated rings. The van der Waals surface area contributed by atoms with Crippen LogP contribution in [-0.4, -0.2) is 29.3 Å². The highest BCUT2D eigenvalue weighted by Gasteiger charge is 2.30. The van der Waals surface area contributed by atoms with Crippen molar-refractivity contribution in [1.29, 1.82) is 0 Å². The van der Waals surface area contributed by atoms with Gasteiger partial charge in [0.2, 0.25) is 5.91 Å². The van der Waals surface area contributed by atoms with E-state index in [9.17, 15) is 14.0 Å². The largest absolute Gasteiger partial charge is 0.482 e. The summed E-state index contributed by atoms with van der Waals surface area (Å²) < 4.78 is 18.4. The highest BCUT2D eigenvalue weighted by Crippen LogP contribution is 2.28. The van der Waals surface area contributed by atoms with Crippen LogP contribution >= 0.6 is 35.0 Å². The summed E-state index contributed by atoms with van der Waals surface area (Å²) in [6.45, 7) is -0.326. The molecule has 2 aromatic rings. The minimum atomic E-state index is -0.535. The molecule has 0 aromatic heterocycles. The molecular formula is C17H12Cl2FN3O3S. The smallest absolute Gasteiger partial charge is 0.278 e. The van der Waals surface area contributed by atoms with Gasteiger partial charge in [0, 0.05) is 5.02 Å². The number of halogens is 3. The van der Waals surface area contributed by atoms with Crippen molar-refractivity contribution < 1.29 is 18.7 Å². The summed E-state index contributed by atoms with van der Waals surface area (Å²) in [5.74, 6) is -0.690. The maximum atomic E-state index is 13.1. The van der Waals surface area contributed by atoms with Gasteiger partial charge in [-0.3, -0.25) is 14.5 Å². The number of benzene rings is 2. The number of hydrogen-bond donors (Lipinski definition) is 1. The molecule has 3 rings (SSSR count). The molecule has 1 aliphatic rings. The maximum absolute atomic E-state index is 13.1. The minimum Gasteiger partial charge on any atom is -0.482 e. The fourth-order valence-electron chi connectivity index (χ4n) is 2.17. The molecule has 2 aromatic carbocycles. The molecule has 0 saturated carbocycles. The normalized spacial score (nSPS) is 15.3. The van der Waals surface area contributed by atoms with Crippen LogP contribution in [0.5, 0.6) is 5.75 Å². The first kappa shape index (κ1) is 19.5. The fraction of sp³-hybridized carbons (Fsp3) is 0.118. The Hall–Kier alpha value is -2.29. The molecule has 2 amide bonds. The monoisotopic (exact) mass is 427 g/mol. The van der Waals surface area contributed by atoms with Gasteiger partial charge in [0.05, 0.1) is 16.5 Å². The number of anilines is 1. The number of carbonyl (C=O) groups is 2. The summed E-state index contributed by atoms with van der Waals surface area (Å²) in [6.07, 6.45) is 0. The van der Waals surface area contributed by atoms with Gasteiger partial charge in [-0.1, -0.05) is 35.0 Å². The van der Waals surface area contributed by atoms with Gasteiger partial charge < -0.3 is 4.74 Å². The van der Waals surface area contributed by atoms with Gasteiger partial charge in [-0.05, 0) is 42.5 Å². The fourth-order valence-corrected chi connectivity index (χ4v) is 3.46. The van der Waals surface area contributed by atoms with E-state index in [1.54, 1.807) is 12.1 Å². The molecule has 0 aliphatic carbocycles. The lowest BCUT2D eigenvalue weighted by Gasteiger charge is -2.15. The summed E-state index contributed by atoms with van der Waals surface area (Å²) in [7, 11) is 0. The lowest BCUT2D eigenvalue weighted by Crippen LogP contribution is -2.32. The van der Waals surface area contributed by atoms with Crippen molar-refractivity contribution in [3.63, 3.8) is 0 Å². The lowest BCUT2D eigenvalue weighted by atomic mass is 10.3. The number of carbonyl (C=O) groups excluding carboxylic acids is 2. The van der Waals surface area contributed by atoms with Crippen LogP contribution in [0.15, 0.2) is 47.6 Å². The van der Waals surface area contributed by atoms with Crippen LogP contribution in [0.3, 0.4) is 0 Å². The molecule has 6 nitrogen and oxygen atoms in total. The summed E-state index contributed by atoms with van der Waals surface area (Å²) in [4.78, 5) is 25.3. The average Bonchev–Trinajstić information content (AvgIpc) is 3.00. The van der Waals surface area contributed by atoms with E-state index in [1.807, 2.05) is 0 Å². The summed E-state index contributed by atoms with van der Waals surface area (Å²) in [6, 6.07) is 10.0. The zero-order valence-corrected chi connectivity index (χ0v) is 15.9. The number of hydrogen-bond acceptors (Lipinski definition) is 5. The predicted octanol–water partition coefficient (Wildman–Crippen LogP) is 3.68. The molecular weight excluding hydrogens is 416 g/mol. The van der Waals surface area contributed by atoms with Crippen molar-refractivity contribution in [3.05, 3.63) is 58.3 Å². The van der Waals surface area contributed by atoms with Gasteiger partial charge in [0.1, 0.15) is 11.6 Å². The molecule has 1 heterocycles. The summed E-state index contributed by atoms with van der Waals surface area (Å²) in [5, 5.41) is 4.97. The molecule has 140 valence electrons. The Bertz CT molecular complexity index is 909. The standard InChI is InChI=1S/C17H12Cl2FN3O3S/c18-10-1-6-14(13(19)7-10)26-8-15(24)21-22-17-23(16(25)9-27-17)12-4-2-11(20)3-5-12/h1-7H,8-9H2,(H,21,24)/b22-17+. The third-order valence-corrected chi connectivity index (χ3v) is 4.83. The van der Waals surface area contributed by atoms with Crippen LogP contribution in [0.25, 0.3) is 0 Å². The van der Waals surface area contributed by atoms with Crippen LogP contribution < -0.4 is 15.1 Å². The topological polar surface area (TPSA) is 71.0 Å². The molecule has 1 saturated heterocycles. The Morgan fingerprint density at radius 1 is 1.26 bits per heavy atom. The summed E-state index contributed by atoms with van der Waals surface area (Å²) >= 11 is 12.9. The Kier molecular flexibility index (Phi) is 6.20. The molecule has 1 aliphatic heterocycles.